The molecule has 1 aliphatic rings. The highest BCUT2D eigenvalue weighted by atomic mass is 16.5. The summed E-state index contributed by atoms with van der Waals surface area (Å²) in [5.41, 5.74) is 2.35. The van der Waals surface area contributed by atoms with E-state index in [9.17, 15) is 4.79 Å². The van der Waals surface area contributed by atoms with Gasteiger partial charge in [-0.25, -0.2) is 0 Å². The summed E-state index contributed by atoms with van der Waals surface area (Å²) in [5.74, 6) is -0.154. The van der Waals surface area contributed by atoms with Gasteiger partial charge in [-0.05, 0) is 23.8 Å². The quantitative estimate of drug-likeness (QED) is 0.786. The predicted molar refractivity (Wildman–Crippen MR) is 95.4 cm³/mol. The molecule has 132 valence electrons. The zero-order valence-corrected chi connectivity index (χ0v) is 14.1. The molecule has 3 heterocycles. The molecule has 1 aliphatic heterocycles. The first-order valence-electron chi connectivity index (χ1n) is 8.48. The van der Waals surface area contributed by atoms with Crippen LogP contribution in [0.2, 0.25) is 0 Å². The van der Waals surface area contributed by atoms with Crippen molar-refractivity contribution < 1.29 is 9.53 Å². The van der Waals surface area contributed by atoms with Crippen molar-refractivity contribution >= 4 is 11.6 Å². The van der Waals surface area contributed by atoms with Gasteiger partial charge in [0.2, 0.25) is 0 Å². The Labute approximate surface area is 147 Å². The minimum Gasteiger partial charge on any atom is -0.381 e. The average molecular weight is 341 g/mol. The average Bonchev–Trinajstić information content (AvgIpc) is 2.68. The number of nitrogens with one attached hydrogen (secondary N) is 2. The van der Waals surface area contributed by atoms with Gasteiger partial charge in [0.1, 0.15) is 5.69 Å². The molecule has 2 aromatic rings. The Morgan fingerprint density at radius 2 is 2.12 bits per heavy atom. The maximum absolute atomic E-state index is 12.3. The SMILES string of the molecule is O=C(NCCN1CCOCC1)c1cc(NCc2cccnc2)ccn1. The third-order valence-corrected chi connectivity index (χ3v) is 4.03. The lowest BCUT2D eigenvalue weighted by atomic mass is 10.2. The lowest BCUT2D eigenvalue weighted by Gasteiger charge is -2.26. The summed E-state index contributed by atoms with van der Waals surface area (Å²) in [4.78, 5) is 22.8. The number of hydrogen-bond donors (Lipinski definition) is 2. The van der Waals surface area contributed by atoms with Crippen molar-refractivity contribution in [3.05, 3.63) is 54.1 Å². The van der Waals surface area contributed by atoms with Gasteiger partial charge >= 0.3 is 0 Å². The zero-order valence-electron chi connectivity index (χ0n) is 14.1. The van der Waals surface area contributed by atoms with Crippen LogP contribution in [-0.2, 0) is 11.3 Å². The third kappa shape index (κ3) is 5.51. The molecule has 0 spiro atoms. The van der Waals surface area contributed by atoms with E-state index in [-0.39, 0.29) is 5.91 Å². The summed E-state index contributed by atoms with van der Waals surface area (Å²) in [6, 6.07) is 7.51. The van der Waals surface area contributed by atoms with Crippen molar-refractivity contribution in [2.45, 2.75) is 6.54 Å². The van der Waals surface area contributed by atoms with Gasteiger partial charge in [0, 0.05) is 57.0 Å². The minimum absolute atomic E-state index is 0.154. The third-order valence-electron chi connectivity index (χ3n) is 4.03. The molecule has 0 radical (unpaired) electrons. The standard InChI is InChI=1S/C18H23N5O2/c24-18(21-6-7-23-8-10-25-11-9-23)17-12-16(3-5-20-17)22-14-15-2-1-4-19-13-15/h1-5,12-13H,6-11,14H2,(H,20,22)(H,21,24). The Morgan fingerprint density at radius 1 is 1.24 bits per heavy atom. The smallest absolute Gasteiger partial charge is 0.269 e. The van der Waals surface area contributed by atoms with E-state index >= 15 is 0 Å². The van der Waals surface area contributed by atoms with E-state index in [4.69, 9.17) is 4.74 Å². The summed E-state index contributed by atoms with van der Waals surface area (Å²) >= 11 is 0. The molecule has 7 heteroatoms. The number of carbonyl (C=O) groups excluding carboxylic acids is 1. The number of pyridine rings is 2. The Bertz CT molecular complexity index is 674. The number of anilines is 1. The van der Waals surface area contributed by atoms with Crippen molar-refractivity contribution in [3.8, 4) is 0 Å². The van der Waals surface area contributed by atoms with E-state index in [1.165, 1.54) is 0 Å². The molecule has 1 amide bonds. The van der Waals surface area contributed by atoms with E-state index in [0.717, 1.165) is 44.1 Å². The van der Waals surface area contributed by atoms with Crippen LogP contribution in [0.3, 0.4) is 0 Å². The van der Waals surface area contributed by atoms with Crippen molar-refractivity contribution in [2.24, 2.45) is 0 Å². The highest BCUT2D eigenvalue weighted by molar-refractivity contribution is 5.93. The van der Waals surface area contributed by atoms with Crippen molar-refractivity contribution in [1.29, 1.82) is 0 Å². The summed E-state index contributed by atoms with van der Waals surface area (Å²) in [6.07, 6.45) is 5.20. The molecule has 7 nitrogen and oxygen atoms in total. The first kappa shape index (κ1) is 17.3. The number of rotatable bonds is 7. The number of aromatic nitrogens is 2. The van der Waals surface area contributed by atoms with Gasteiger partial charge in [-0.3, -0.25) is 19.7 Å². The van der Waals surface area contributed by atoms with Gasteiger partial charge < -0.3 is 15.4 Å². The minimum atomic E-state index is -0.154. The van der Waals surface area contributed by atoms with Gasteiger partial charge in [0.05, 0.1) is 13.2 Å². The van der Waals surface area contributed by atoms with Crippen LogP contribution < -0.4 is 10.6 Å². The normalized spacial score (nSPS) is 14.9. The number of carbonyl (C=O) groups is 1. The van der Waals surface area contributed by atoms with E-state index in [2.05, 4.69) is 25.5 Å². The molecule has 0 saturated carbocycles. The van der Waals surface area contributed by atoms with Crippen LogP contribution in [0.5, 0.6) is 0 Å². The van der Waals surface area contributed by atoms with Gasteiger partial charge in [0.25, 0.3) is 5.91 Å². The number of morpholine rings is 1. The summed E-state index contributed by atoms with van der Waals surface area (Å²) < 4.78 is 5.31. The predicted octanol–water partition coefficient (Wildman–Crippen LogP) is 1.15. The van der Waals surface area contributed by atoms with Crippen LogP contribution in [0.1, 0.15) is 16.1 Å². The van der Waals surface area contributed by atoms with Crippen molar-refractivity contribution in [2.75, 3.05) is 44.7 Å². The molecule has 0 atom stereocenters. The second-order valence-electron chi connectivity index (χ2n) is 5.85. The Kier molecular flexibility index (Phi) is 6.30. The number of nitrogens with zero attached hydrogens (tertiary/aromatic N) is 3. The Balaban J connectivity index is 1.47. The molecule has 1 saturated heterocycles. The van der Waals surface area contributed by atoms with E-state index in [1.54, 1.807) is 18.5 Å². The van der Waals surface area contributed by atoms with E-state index in [0.29, 0.717) is 18.8 Å². The van der Waals surface area contributed by atoms with Crippen LogP contribution in [0.15, 0.2) is 42.9 Å². The van der Waals surface area contributed by atoms with Crippen LogP contribution in [0.25, 0.3) is 0 Å². The fourth-order valence-corrected chi connectivity index (χ4v) is 2.61. The van der Waals surface area contributed by atoms with Gasteiger partial charge in [0.15, 0.2) is 0 Å². The molecule has 0 aromatic carbocycles. The van der Waals surface area contributed by atoms with Gasteiger partial charge in [-0.2, -0.15) is 0 Å². The second-order valence-corrected chi connectivity index (χ2v) is 5.85. The van der Waals surface area contributed by atoms with E-state index in [1.807, 2.05) is 24.4 Å². The second kappa shape index (κ2) is 9.10. The molecule has 0 unspecified atom stereocenters. The molecule has 25 heavy (non-hydrogen) atoms. The molecule has 2 N–H and O–H groups in total. The van der Waals surface area contributed by atoms with Crippen LogP contribution in [-0.4, -0.2) is 60.2 Å². The lowest BCUT2D eigenvalue weighted by molar-refractivity contribution is 0.0383. The number of amides is 1. The number of ether oxygens (including phenoxy) is 1. The lowest BCUT2D eigenvalue weighted by Crippen LogP contribution is -2.41. The van der Waals surface area contributed by atoms with Gasteiger partial charge in [-0.15, -0.1) is 0 Å². The molecule has 0 bridgehead atoms. The van der Waals surface area contributed by atoms with Gasteiger partial charge in [-0.1, -0.05) is 6.07 Å². The highest BCUT2D eigenvalue weighted by Crippen LogP contribution is 2.10. The molecular formula is C18H23N5O2. The largest absolute Gasteiger partial charge is 0.381 e. The highest BCUT2D eigenvalue weighted by Gasteiger charge is 2.11. The maximum atomic E-state index is 12.3. The topological polar surface area (TPSA) is 79.4 Å². The summed E-state index contributed by atoms with van der Waals surface area (Å²) in [7, 11) is 0. The van der Waals surface area contributed by atoms with Crippen molar-refractivity contribution in [3.63, 3.8) is 0 Å². The van der Waals surface area contributed by atoms with Crippen LogP contribution >= 0.6 is 0 Å². The monoisotopic (exact) mass is 341 g/mol. The Morgan fingerprint density at radius 3 is 2.92 bits per heavy atom. The Hall–Kier alpha value is -2.51. The maximum Gasteiger partial charge on any atom is 0.269 e. The summed E-state index contributed by atoms with van der Waals surface area (Å²) in [5, 5.41) is 6.21. The van der Waals surface area contributed by atoms with Crippen molar-refractivity contribution in [1.82, 2.24) is 20.2 Å². The summed E-state index contributed by atoms with van der Waals surface area (Å²) in [6.45, 7) is 5.45. The fourth-order valence-electron chi connectivity index (χ4n) is 2.61. The van der Waals surface area contributed by atoms with E-state index < -0.39 is 0 Å². The fraction of sp³-hybridized carbons (Fsp3) is 0.389. The molecule has 2 aromatic heterocycles. The molecule has 1 fully saturated rings. The molecule has 3 rings (SSSR count). The first-order chi connectivity index (χ1) is 12.3. The van der Waals surface area contributed by atoms with Crippen LogP contribution in [0.4, 0.5) is 5.69 Å². The van der Waals surface area contributed by atoms with Crippen LogP contribution in [0, 0.1) is 0 Å². The first-order valence-corrected chi connectivity index (χ1v) is 8.48. The zero-order chi connectivity index (χ0) is 17.3. The molecule has 0 aliphatic carbocycles. The number of hydrogen-bond acceptors (Lipinski definition) is 6. The molecular weight excluding hydrogens is 318 g/mol.